The van der Waals surface area contributed by atoms with Crippen LogP contribution in [0.25, 0.3) is 0 Å². The molecule has 0 aliphatic heterocycles. The van der Waals surface area contributed by atoms with E-state index >= 15 is 0 Å². The van der Waals surface area contributed by atoms with Crippen molar-refractivity contribution in [2.75, 3.05) is 0 Å². The number of benzene rings is 1. The molecule has 1 aromatic rings. The van der Waals surface area contributed by atoms with E-state index in [0.717, 1.165) is 27.9 Å². The van der Waals surface area contributed by atoms with Gasteiger partial charge in [0.15, 0.2) is 0 Å². The fraction of sp³-hybridized carbons (Fsp3) is 0.600. The van der Waals surface area contributed by atoms with Gasteiger partial charge >= 0.3 is 0 Å². The molecule has 0 radical (unpaired) electrons. The molecular formula is C15H21BrClN. The zero-order valence-corrected chi connectivity index (χ0v) is 13.4. The van der Waals surface area contributed by atoms with Crippen LogP contribution >= 0.6 is 27.5 Å². The lowest BCUT2D eigenvalue weighted by molar-refractivity contribution is 0.225. The first-order chi connectivity index (χ1) is 8.56. The van der Waals surface area contributed by atoms with Crippen molar-refractivity contribution in [1.82, 2.24) is 5.32 Å². The van der Waals surface area contributed by atoms with Crippen LogP contribution in [0.1, 0.15) is 38.7 Å². The normalized spacial score (nSPS) is 28.3. The molecule has 1 aliphatic carbocycles. The van der Waals surface area contributed by atoms with Gasteiger partial charge in [-0.05, 0) is 54.9 Å². The summed E-state index contributed by atoms with van der Waals surface area (Å²) in [4.78, 5) is 0. The third kappa shape index (κ3) is 3.72. The first-order valence-electron chi connectivity index (χ1n) is 6.73. The van der Waals surface area contributed by atoms with Gasteiger partial charge in [-0.25, -0.2) is 0 Å². The molecule has 2 rings (SSSR count). The third-order valence-electron chi connectivity index (χ3n) is 4.19. The Labute approximate surface area is 123 Å². The summed E-state index contributed by atoms with van der Waals surface area (Å²) in [6.07, 6.45) is 3.91. The predicted octanol–water partition coefficient (Wildman–Crippen LogP) is 5.02. The highest BCUT2D eigenvalue weighted by Crippen LogP contribution is 2.29. The molecule has 0 spiro atoms. The van der Waals surface area contributed by atoms with Crippen molar-refractivity contribution in [3.63, 3.8) is 0 Å². The maximum absolute atomic E-state index is 6.20. The predicted molar refractivity (Wildman–Crippen MR) is 82.0 cm³/mol. The summed E-state index contributed by atoms with van der Waals surface area (Å²) in [6.45, 7) is 5.60. The maximum atomic E-state index is 6.20. The zero-order valence-electron chi connectivity index (χ0n) is 11.0. The van der Waals surface area contributed by atoms with Crippen molar-refractivity contribution in [2.45, 2.75) is 45.7 Å². The van der Waals surface area contributed by atoms with E-state index in [-0.39, 0.29) is 0 Å². The van der Waals surface area contributed by atoms with Crippen LogP contribution in [0.4, 0.5) is 0 Å². The van der Waals surface area contributed by atoms with Crippen molar-refractivity contribution in [3.8, 4) is 0 Å². The molecule has 1 N–H and O–H groups in total. The van der Waals surface area contributed by atoms with Crippen LogP contribution in [-0.4, -0.2) is 6.04 Å². The Balaban J connectivity index is 1.90. The van der Waals surface area contributed by atoms with E-state index in [4.69, 9.17) is 11.6 Å². The molecule has 1 aromatic carbocycles. The molecule has 1 nitrogen and oxygen atoms in total. The standard InChI is InChI=1S/C15H21BrClN/c1-10-3-5-14(7-11(10)2)18-9-12-8-13(16)4-6-15(12)17/h4,6,8,10-11,14,18H,3,5,7,9H2,1-2H3. The second-order valence-electron chi connectivity index (χ2n) is 5.58. The molecule has 1 fully saturated rings. The van der Waals surface area contributed by atoms with Crippen LogP contribution in [0.2, 0.25) is 5.02 Å². The highest BCUT2D eigenvalue weighted by atomic mass is 79.9. The van der Waals surface area contributed by atoms with Gasteiger partial charge in [0, 0.05) is 22.1 Å². The Hall–Kier alpha value is -0.0500. The molecule has 18 heavy (non-hydrogen) atoms. The Morgan fingerprint density at radius 2 is 2.06 bits per heavy atom. The van der Waals surface area contributed by atoms with Crippen molar-refractivity contribution >= 4 is 27.5 Å². The minimum absolute atomic E-state index is 0.645. The molecule has 3 heteroatoms. The van der Waals surface area contributed by atoms with Crippen molar-refractivity contribution in [3.05, 3.63) is 33.3 Å². The van der Waals surface area contributed by atoms with E-state index in [1.807, 2.05) is 12.1 Å². The monoisotopic (exact) mass is 329 g/mol. The average molecular weight is 331 g/mol. The number of halogens is 2. The van der Waals surface area contributed by atoms with E-state index in [2.05, 4.69) is 41.2 Å². The SMILES string of the molecule is CC1CCC(NCc2cc(Br)ccc2Cl)CC1C. The third-order valence-corrected chi connectivity index (χ3v) is 5.05. The van der Waals surface area contributed by atoms with Gasteiger partial charge in [0.05, 0.1) is 0 Å². The number of hydrogen-bond acceptors (Lipinski definition) is 1. The van der Waals surface area contributed by atoms with E-state index < -0.39 is 0 Å². The molecule has 3 atom stereocenters. The van der Waals surface area contributed by atoms with Gasteiger partial charge in [-0.2, -0.15) is 0 Å². The minimum Gasteiger partial charge on any atom is -0.310 e. The smallest absolute Gasteiger partial charge is 0.0451 e. The summed E-state index contributed by atoms with van der Waals surface area (Å²) in [5.74, 6) is 1.70. The number of rotatable bonds is 3. The molecule has 0 saturated heterocycles. The van der Waals surface area contributed by atoms with Crippen molar-refractivity contribution in [2.24, 2.45) is 11.8 Å². The van der Waals surface area contributed by atoms with Crippen LogP contribution in [0.5, 0.6) is 0 Å². The van der Waals surface area contributed by atoms with Gasteiger partial charge in [0.25, 0.3) is 0 Å². The van der Waals surface area contributed by atoms with Crippen LogP contribution in [0, 0.1) is 11.8 Å². The summed E-state index contributed by atoms with van der Waals surface area (Å²) >= 11 is 9.70. The van der Waals surface area contributed by atoms with Crippen LogP contribution in [-0.2, 0) is 6.54 Å². The molecule has 100 valence electrons. The highest BCUT2D eigenvalue weighted by Gasteiger charge is 2.24. The van der Waals surface area contributed by atoms with Crippen LogP contribution in [0.3, 0.4) is 0 Å². The fourth-order valence-corrected chi connectivity index (χ4v) is 3.26. The summed E-state index contributed by atoms with van der Waals surface area (Å²) < 4.78 is 1.09. The topological polar surface area (TPSA) is 12.0 Å². The fourth-order valence-electron chi connectivity index (χ4n) is 2.67. The molecule has 1 saturated carbocycles. The Kier molecular flexibility index (Phi) is 5.11. The summed E-state index contributed by atoms with van der Waals surface area (Å²) in [7, 11) is 0. The van der Waals surface area contributed by atoms with Gasteiger partial charge in [-0.15, -0.1) is 0 Å². The van der Waals surface area contributed by atoms with Gasteiger partial charge in [0.1, 0.15) is 0 Å². The minimum atomic E-state index is 0.645. The highest BCUT2D eigenvalue weighted by molar-refractivity contribution is 9.10. The van der Waals surface area contributed by atoms with E-state index in [1.54, 1.807) is 0 Å². The summed E-state index contributed by atoms with van der Waals surface area (Å²) in [5, 5.41) is 4.50. The molecule has 1 aliphatic rings. The Morgan fingerprint density at radius 3 is 2.78 bits per heavy atom. The summed E-state index contributed by atoms with van der Waals surface area (Å²) in [5.41, 5.74) is 1.18. The van der Waals surface area contributed by atoms with E-state index in [1.165, 1.54) is 24.8 Å². The summed E-state index contributed by atoms with van der Waals surface area (Å²) in [6, 6.07) is 6.68. The van der Waals surface area contributed by atoms with Gasteiger partial charge < -0.3 is 5.32 Å². The average Bonchev–Trinajstić information content (AvgIpc) is 2.34. The van der Waals surface area contributed by atoms with E-state index in [0.29, 0.717) is 6.04 Å². The Morgan fingerprint density at radius 1 is 1.28 bits per heavy atom. The van der Waals surface area contributed by atoms with Crippen molar-refractivity contribution in [1.29, 1.82) is 0 Å². The lowest BCUT2D eigenvalue weighted by Crippen LogP contribution is -2.35. The van der Waals surface area contributed by atoms with Crippen LogP contribution < -0.4 is 5.32 Å². The quantitative estimate of drug-likeness (QED) is 0.821. The molecule has 0 bridgehead atoms. The first kappa shape index (κ1) is 14.4. The van der Waals surface area contributed by atoms with Crippen molar-refractivity contribution < 1.29 is 0 Å². The maximum Gasteiger partial charge on any atom is 0.0451 e. The van der Waals surface area contributed by atoms with Gasteiger partial charge in [0.2, 0.25) is 0 Å². The molecule has 0 aromatic heterocycles. The van der Waals surface area contributed by atoms with Gasteiger partial charge in [-0.3, -0.25) is 0 Å². The zero-order chi connectivity index (χ0) is 13.1. The largest absolute Gasteiger partial charge is 0.310 e. The Bertz CT molecular complexity index is 407. The molecular weight excluding hydrogens is 310 g/mol. The first-order valence-corrected chi connectivity index (χ1v) is 7.90. The van der Waals surface area contributed by atoms with Gasteiger partial charge in [-0.1, -0.05) is 41.4 Å². The van der Waals surface area contributed by atoms with E-state index in [9.17, 15) is 0 Å². The molecule has 0 amide bonds. The number of nitrogens with one attached hydrogen (secondary N) is 1. The lowest BCUT2D eigenvalue weighted by atomic mass is 9.79. The molecule has 3 unspecified atom stereocenters. The lowest BCUT2D eigenvalue weighted by Gasteiger charge is -2.32. The second kappa shape index (κ2) is 6.40. The number of hydrogen-bond donors (Lipinski definition) is 1. The second-order valence-corrected chi connectivity index (χ2v) is 6.90. The van der Waals surface area contributed by atoms with Crippen LogP contribution in [0.15, 0.2) is 22.7 Å². The molecule has 0 heterocycles.